The Kier molecular flexibility index (Phi) is 5.87. The molecule has 1 aliphatic carbocycles. The molecule has 2 heterocycles. The molecule has 7 heteroatoms. The Bertz CT molecular complexity index is 713. The van der Waals surface area contributed by atoms with Gasteiger partial charge in [-0.15, -0.1) is 0 Å². The number of urea groups is 1. The van der Waals surface area contributed by atoms with Crippen molar-refractivity contribution >= 4 is 17.8 Å². The van der Waals surface area contributed by atoms with Crippen LogP contribution < -0.4 is 10.6 Å². The molecule has 0 saturated heterocycles. The van der Waals surface area contributed by atoms with E-state index in [9.17, 15) is 9.59 Å². The second kappa shape index (κ2) is 8.15. The van der Waals surface area contributed by atoms with E-state index in [0.717, 1.165) is 17.8 Å². The summed E-state index contributed by atoms with van der Waals surface area (Å²) in [6, 6.07) is 2.06. The number of nitrogens with one attached hydrogen (secondary N) is 2. The zero-order valence-electron chi connectivity index (χ0n) is 16.8. The molecule has 3 rings (SSSR count). The van der Waals surface area contributed by atoms with Gasteiger partial charge in [0.2, 0.25) is 0 Å². The van der Waals surface area contributed by atoms with Gasteiger partial charge in [-0.05, 0) is 50.7 Å². The molecule has 2 aliphatic rings. The van der Waals surface area contributed by atoms with Crippen LogP contribution in [0.1, 0.15) is 48.3 Å². The maximum absolute atomic E-state index is 12.7. The number of pyridine rings is 1. The van der Waals surface area contributed by atoms with Gasteiger partial charge in [-0.1, -0.05) is 0 Å². The Morgan fingerprint density at radius 2 is 1.96 bits per heavy atom. The predicted molar refractivity (Wildman–Crippen MR) is 106 cm³/mol. The van der Waals surface area contributed by atoms with Crippen molar-refractivity contribution in [1.82, 2.24) is 20.1 Å². The van der Waals surface area contributed by atoms with Crippen LogP contribution in [0, 0.1) is 5.92 Å². The number of hydrogen-bond donors (Lipinski definition) is 2. The first-order valence-electron chi connectivity index (χ1n) is 9.89. The normalized spacial score (nSPS) is 16.6. The number of anilines is 1. The number of carbonyl (C=O) groups excluding carboxylic acids is 2. The summed E-state index contributed by atoms with van der Waals surface area (Å²) in [5.41, 5.74) is 2.68. The lowest BCUT2D eigenvalue weighted by molar-refractivity contribution is 0.0828. The molecule has 2 N–H and O–H groups in total. The van der Waals surface area contributed by atoms with E-state index >= 15 is 0 Å². The molecule has 1 aromatic heterocycles. The first kappa shape index (κ1) is 19.5. The van der Waals surface area contributed by atoms with Gasteiger partial charge in [-0.3, -0.25) is 4.79 Å². The van der Waals surface area contributed by atoms with Crippen molar-refractivity contribution in [2.24, 2.45) is 5.92 Å². The summed E-state index contributed by atoms with van der Waals surface area (Å²) < 4.78 is 0. The number of nitrogens with zero attached hydrogens (tertiary/aromatic N) is 3. The summed E-state index contributed by atoms with van der Waals surface area (Å²) in [6.07, 6.45) is 3.91. The standard InChI is InChI=1S/C20H31N5O2/c1-13(2)22-20(27)25-9-7-15-11-16(19(26)24(3)4)18(21-12-14-5-6-14)23-17(15)8-10-25/h11,13-14H,5-10,12H2,1-4H3,(H,21,23)(H,22,27). The minimum Gasteiger partial charge on any atom is -0.369 e. The average molecular weight is 374 g/mol. The van der Waals surface area contributed by atoms with Gasteiger partial charge >= 0.3 is 6.03 Å². The number of amides is 3. The van der Waals surface area contributed by atoms with Crippen LogP contribution in [0.4, 0.5) is 10.6 Å². The van der Waals surface area contributed by atoms with Crippen molar-refractivity contribution in [2.75, 3.05) is 39.0 Å². The Labute approximate surface area is 161 Å². The van der Waals surface area contributed by atoms with Gasteiger partial charge in [0.1, 0.15) is 5.82 Å². The Hall–Kier alpha value is -2.31. The molecule has 0 radical (unpaired) electrons. The van der Waals surface area contributed by atoms with Crippen LogP contribution in [0.2, 0.25) is 0 Å². The molecule has 1 saturated carbocycles. The molecule has 27 heavy (non-hydrogen) atoms. The SMILES string of the molecule is CC(C)NC(=O)N1CCc2cc(C(=O)N(C)C)c(NCC3CC3)nc2CC1. The van der Waals surface area contributed by atoms with Gasteiger partial charge in [-0.2, -0.15) is 0 Å². The summed E-state index contributed by atoms with van der Waals surface area (Å²) >= 11 is 0. The van der Waals surface area contributed by atoms with E-state index in [2.05, 4.69) is 10.6 Å². The lowest BCUT2D eigenvalue weighted by Crippen LogP contribution is -2.44. The van der Waals surface area contributed by atoms with E-state index in [-0.39, 0.29) is 18.0 Å². The second-order valence-electron chi connectivity index (χ2n) is 8.11. The fourth-order valence-corrected chi connectivity index (χ4v) is 3.28. The maximum Gasteiger partial charge on any atom is 0.317 e. The molecule has 3 amide bonds. The Morgan fingerprint density at radius 1 is 1.26 bits per heavy atom. The van der Waals surface area contributed by atoms with Crippen molar-refractivity contribution in [3.63, 3.8) is 0 Å². The van der Waals surface area contributed by atoms with Gasteiger partial charge in [0.05, 0.1) is 5.56 Å². The van der Waals surface area contributed by atoms with Crippen molar-refractivity contribution in [3.05, 3.63) is 22.9 Å². The number of fused-ring (bicyclic) bond motifs is 1. The molecular formula is C20H31N5O2. The summed E-state index contributed by atoms with van der Waals surface area (Å²) in [6.45, 7) is 6.06. The highest BCUT2D eigenvalue weighted by atomic mass is 16.2. The molecule has 1 fully saturated rings. The number of rotatable bonds is 5. The highest BCUT2D eigenvalue weighted by molar-refractivity contribution is 5.98. The highest BCUT2D eigenvalue weighted by Gasteiger charge is 2.25. The monoisotopic (exact) mass is 373 g/mol. The van der Waals surface area contributed by atoms with Gasteiger partial charge in [0.15, 0.2) is 0 Å². The van der Waals surface area contributed by atoms with Gasteiger partial charge in [0, 0.05) is 51.9 Å². The average Bonchev–Trinajstić information content (AvgIpc) is 3.44. The molecule has 0 bridgehead atoms. The molecule has 0 atom stereocenters. The van der Waals surface area contributed by atoms with E-state index in [1.54, 1.807) is 19.0 Å². The van der Waals surface area contributed by atoms with Gasteiger partial charge in [-0.25, -0.2) is 9.78 Å². The summed E-state index contributed by atoms with van der Waals surface area (Å²) in [7, 11) is 3.52. The lowest BCUT2D eigenvalue weighted by Gasteiger charge is -2.22. The zero-order valence-corrected chi connectivity index (χ0v) is 16.8. The third-order valence-corrected chi connectivity index (χ3v) is 5.05. The molecule has 1 aromatic rings. The quantitative estimate of drug-likeness (QED) is 0.829. The van der Waals surface area contributed by atoms with Crippen LogP contribution in [-0.4, -0.2) is 66.5 Å². The van der Waals surface area contributed by atoms with E-state index in [1.807, 2.05) is 24.8 Å². The third-order valence-electron chi connectivity index (χ3n) is 5.05. The van der Waals surface area contributed by atoms with E-state index in [0.29, 0.717) is 43.2 Å². The van der Waals surface area contributed by atoms with E-state index < -0.39 is 0 Å². The second-order valence-corrected chi connectivity index (χ2v) is 8.11. The zero-order chi connectivity index (χ0) is 19.6. The number of hydrogen-bond acceptors (Lipinski definition) is 4. The largest absolute Gasteiger partial charge is 0.369 e. The molecular weight excluding hydrogens is 342 g/mol. The summed E-state index contributed by atoms with van der Waals surface area (Å²) in [5.74, 6) is 1.34. The predicted octanol–water partition coefficient (Wildman–Crippen LogP) is 2.12. The van der Waals surface area contributed by atoms with Gasteiger partial charge in [0.25, 0.3) is 5.91 Å². The minimum atomic E-state index is -0.0396. The first-order valence-corrected chi connectivity index (χ1v) is 9.89. The van der Waals surface area contributed by atoms with Crippen LogP contribution in [0.15, 0.2) is 6.07 Å². The smallest absolute Gasteiger partial charge is 0.317 e. The molecule has 7 nitrogen and oxygen atoms in total. The van der Waals surface area contributed by atoms with Crippen LogP contribution in [-0.2, 0) is 12.8 Å². The van der Waals surface area contributed by atoms with Crippen LogP contribution in [0.5, 0.6) is 0 Å². The molecule has 1 aliphatic heterocycles. The van der Waals surface area contributed by atoms with Crippen LogP contribution in [0.3, 0.4) is 0 Å². The van der Waals surface area contributed by atoms with Crippen molar-refractivity contribution < 1.29 is 9.59 Å². The molecule has 148 valence electrons. The van der Waals surface area contributed by atoms with Crippen LogP contribution >= 0.6 is 0 Å². The van der Waals surface area contributed by atoms with Crippen molar-refractivity contribution in [1.29, 1.82) is 0 Å². The fraction of sp³-hybridized carbons (Fsp3) is 0.650. The summed E-state index contributed by atoms with van der Waals surface area (Å²) in [4.78, 5) is 33.3. The number of aromatic nitrogens is 1. The van der Waals surface area contributed by atoms with Crippen molar-refractivity contribution in [3.8, 4) is 0 Å². The van der Waals surface area contributed by atoms with E-state index in [4.69, 9.17) is 4.98 Å². The maximum atomic E-state index is 12.7. The topological polar surface area (TPSA) is 77.6 Å². The van der Waals surface area contributed by atoms with Crippen LogP contribution in [0.25, 0.3) is 0 Å². The number of carbonyl (C=O) groups is 2. The lowest BCUT2D eigenvalue weighted by atomic mass is 10.0. The Morgan fingerprint density at radius 3 is 2.59 bits per heavy atom. The molecule has 0 aromatic carbocycles. The first-order chi connectivity index (χ1) is 12.8. The fourth-order valence-electron chi connectivity index (χ4n) is 3.28. The Balaban J connectivity index is 1.81. The molecule has 0 spiro atoms. The summed E-state index contributed by atoms with van der Waals surface area (Å²) in [5, 5.41) is 6.35. The minimum absolute atomic E-state index is 0.0329. The molecule has 0 unspecified atom stereocenters. The third kappa shape index (κ3) is 4.90. The van der Waals surface area contributed by atoms with E-state index in [1.165, 1.54) is 12.8 Å². The highest BCUT2D eigenvalue weighted by Crippen LogP contribution is 2.30. The van der Waals surface area contributed by atoms with Crippen molar-refractivity contribution in [2.45, 2.75) is 45.6 Å². The van der Waals surface area contributed by atoms with Gasteiger partial charge < -0.3 is 20.4 Å².